The Bertz CT molecular complexity index is 3510. The van der Waals surface area contributed by atoms with Crippen LogP contribution < -0.4 is 4.90 Å². The van der Waals surface area contributed by atoms with Gasteiger partial charge in [-0.15, -0.1) is 0 Å². The molecule has 0 unspecified atom stereocenters. The van der Waals surface area contributed by atoms with Crippen LogP contribution in [0, 0.1) is 0 Å². The van der Waals surface area contributed by atoms with Gasteiger partial charge in [0, 0.05) is 17.1 Å². The maximum atomic E-state index is 9.82. The van der Waals surface area contributed by atoms with E-state index < -0.39 is 0 Å². The monoisotopic (exact) mass is 727 g/mol. The van der Waals surface area contributed by atoms with E-state index in [0.29, 0.717) is 11.3 Å². The Morgan fingerprint density at radius 1 is 0.281 bits per heavy atom. The van der Waals surface area contributed by atoms with Gasteiger partial charge in [0.1, 0.15) is 0 Å². The summed E-state index contributed by atoms with van der Waals surface area (Å²) in [4.78, 5) is 1.91. The minimum absolute atomic E-state index is 0.0923. The molecule has 11 aromatic rings. The van der Waals surface area contributed by atoms with Crippen molar-refractivity contribution in [2.75, 3.05) is 4.90 Å². The van der Waals surface area contributed by atoms with Crippen LogP contribution in [0.4, 0.5) is 17.1 Å². The van der Waals surface area contributed by atoms with Crippen LogP contribution >= 0.6 is 0 Å². The predicted octanol–water partition coefficient (Wildman–Crippen LogP) is 15.9. The second kappa shape index (κ2) is 13.7. The summed E-state index contributed by atoms with van der Waals surface area (Å²) < 4.78 is 39.0. The van der Waals surface area contributed by atoms with Gasteiger partial charge in [0.25, 0.3) is 0 Å². The zero-order valence-corrected chi connectivity index (χ0v) is 31.0. The van der Waals surface area contributed by atoms with Crippen molar-refractivity contribution >= 4 is 70.9 Å². The minimum atomic E-state index is -0.118. The van der Waals surface area contributed by atoms with Crippen molar-refractivity contribution in [3.63, 3.8) is 0 Å². The largest absolute Gasteiger partial charge is 0.310 e. The van der Waals surface area contributed by atoms with Gasteiger partial charge in [-0.05, 0) is 130 Å². The third kappa shape index (κ3) is 5.63. The van der Waals surface area contributed by atoms with Crippen LogP contribution in [0.2, 0.25) is 0 Å². The number of nitrogens with zero attached hydrogens (tertiary/aromatic N) is 1. The van der Waals surface area contributed by atoms with Crippen LogP contribution in [0.5, 0.6) is 0 Å². The lowest BCUT2D eigenvalue weighted by Crippen LogP contribution is -2.10. The first kappa shape index (κ1) is 28.9. The third-order valence-electron chi connectivity index (χ3n) is 11.3. The van der Waals surface area contributed by atoms with E-state index in [1.807, 2.05) is 83.8 Å². The molecule has 0 radical (unpaired) electrons. The van der Waals surface area contributed by atoms with Gasteiger partial charge < -0.3 is 4.90 Å². The van der Waals surface area contributed by atoms with Crippen molar-refractivity contribution in [3.05, 3.63) is 224 Å². The second-order valence-electron chi connectivity index (χ2n) is 14.5. The number of hydrogen-bond donors (Lipinski definition) is 0. The molecule has 0 atom stereocenters. The smallest absolute Gasteiger partial charge is 0.0645 e. The molecule has 0 aromatic heterocycles. The van der Waals surface area contributed by atoms with Crippen LogP contribution in [0.25, 0.3) is 87.2 Å². The number of anilines is 3. The summed E-state index contributed by atoms with van der Waals surface area (Å²) in [6.07, 6.45) is 0. The molecular weight excluding hydrogens is 687 g/mol. The van der Waals surface area contributed by atoms with Gasteiger partial charge in [-0.25, -0.2) is 0 Å². The second-order valence-corrected chi connectivity index (χ2v) is 14.5. The number of rotatable bonds is 6. The van der Waals surface area contributed by atoms with Crippen molar-refractivity contribution in [1.82, 2.24) is 0 Å². The number of fused-ring (bicyclic) bond motifs is 7. The van der Waals surface area contributed by atoms with E-state index in [1.165, 1.54) is 5.39 Å². The number of benzene rings is 11. The first-order valence-corrected chi connectivity index (χ1v) is 19.4. The lowest BCUT2D eigenvalue weighted by Gasteiger charge is -2.27. The maximum absolute atomic E-state index is 9.82. The van der Waals surface area contributed by atoms with E-state index in [-0.39, 0.29) is 35.4 Å². The fourth-order valence-corrected chi connectivity index (χ4v) is 8.68. The fourth-order valence-electron chi connectivity index (χ4n) is 8.68. The van der Waals surface area contributed by atoms with Gasteiger partial charge in [0.05, 0.1) is 5.48 Å². The van der Waals surface area contributed by atoms with E-state index in [9.17, 15) is 5.48 Å². The highest BCUT2D eigenvalue weighted by Gasteiger charge is 2.20. The molecule has 0 N–H and O–H groups in total. The van der Waals surface area contributed by atoms with E-state index >= 15 is 0 Å². The van der Waals surface area contributed by atoms with Crippen LogP contribution in [0.15, 0.2) is 224 Å². The molecule has 0 aliphatic rings. The molecule has 0 amide bonds. The highest BCUT2D eigenvalue weighted by atomic mass is 15.1. The Morgan fingerprint density at radius 3 is 1.49 bits per heavy atom. The molecule has 0 aliphatic heterocycles. The molecule has 0 fully saturated rings. The minimum Gasteiger partial charge on any atom is -0.310 e. The van der Waals surface area contributed by atoms with Gasteiger partial charge in [-0.2, -0.15) is 0 Å². The van der Waals surface area contributed by atoms with Crippen LogP contribution in [-0.2, 0) is 0 Å². The SMILES string of the molecule is [2H]c1c([2H])c(N(c2cccc(-c3c(-c4ccccc4)c4ccccc4c4ccccc34)c2)c2ccc3ccccc3c2)c([2H])c([2H])c1-c1cc2ccccc2c2ccccc12. The average Bonchev–Trinajstić information content (AvgIpc) is 3.32. The Labute approximate surface area is 338 Å². The van der Waals surface area contributed by atoms with Crippen molar-refractivity contribution in [3.8, 4) is 33.4 Å². The molecule has 0 bridgehead atoms. The van der Waals surface area contributed by atoms with E-state index in [4.69, 9.17) is 0 Å². The van der Waals surface area contributed by atoms with Gasteiger partial charge in [-0.3, -0.25) is 0 Å². The van der Waals surface area contributed by atoms with Crippen molar-refractivity contribution in [1.29, 1.82) is 0 Å². The van der Waals surface area contributed by atoms with Crippen molar-refractivity contribution in [2.24, 2.45) is 0 Å². The Balaban J connectivity index is 1.19. The molecule has 0 heterocycles. The molecule has 266 valence electrons. The van der Waals surface area contributed by atoms with Crippen LogP contribution in [0.1, 0.15) is 5.48 Å². The molecule has 1 heteroatoms. The summed E-state index contributed by atoms with van der Waals surface area (Å²) in [5, 5.41) is 10.6. The first-order valence-electron chi connectivity index (χ1n) is 21.4. The van der Waals surface area contributed by atoms with Crippen molar-refractivity contribution < 1.29 is 5.48 Å². The first-order chi connectivity index (χ1) is 30.0. The Kier molecular flexibility index (Phi) is 6.93. The topological polar surface area (TPSA) is 3.24 Å². The van der Waals surface area contributed by atoms with Crippen molar-refractivity contribution in [2.45, 2.75) is 0 Å². The molecule has 0 saturated carbocycles. The zero-order valence-electron chi connectivity index (χ0n) is 35.0. The number of hydrogen-bond acceptors (Lipinski definition) is 1. The summed E-state index contributed by atoms with van der Waals surface area (Å²) in [6, 6.07) is 67.9. The van der Waals surface area contributed by atoms with E-state index in [0.717, 1.165) is 76.4 Å². The molecule has 11 aromatic carbocycles. The Hall–Kier alpha value is -7.48. The standard InChI is InChI=1S/C56H37N/c1-2-16-40(17-3-1)55-52-27-12-10-24-49(52)50-25-11-13-28-53(50)56(55)43-20-14-21-45(36-43)57(46-34-29-38-15-4-5-18-41(38)35-46)44-32-30-39(31-33-44)54-37-42-19-6-7-22-47(42)48-23-8-9-26-51(48)54/h1-37H/i30D,31D,32D,33D. The lowest BCUT2D eigenvalue weighted by molar-refractivity contribution is 1.29. The molecule has 1 nitrogen and oxygen atoms in total. The predicted molar refractivity (Wildman–Crippen MR) is 245 cm³/mol. The molecule has 57 heavy (non-hydrogen) atoms. The van der Waals surface area contributed by atoms with Gasteiger partial charge in [0.15, 0.2) is 0 Å². The molecule has 0 saturated heterocycles. The van der Waals surface area contributed by atoms with Crippen LogP contribution in [0.3, 0.4) is 0 Å². The summed E-state index contributed by atoms with van der Waals surface area (Å²) in [7, 11) is 0. The third-order valence-corrected chi connectivity index (χ3v) is 11.3. The Morgan fingerprint density at radius 2 is 0.789 bits per heavy atom. The summed E-state index contributed by atoms with van der Waals surface area (Å²) >= 11 is 0. The summed E-state index contributed by atoms with van der Waals surface area (Å²) in [6.45, 7) is 0. The maximum Gasteiger partial charge on any atom is 0.0645 e. The van der Waals surface area contributed by atoms with Gasteiger partial charge >= 0.3 is 0 Å². The molecular formula is C56H37N. The van der Waals surface area contributed by atoms with E-state index in [1.54, 1.807) is 0 Å². The molecule has 0 aliphatic carbocycles. The highest BCUT2D eigenvalue weighted by molar-refractivity contribution is 6.21. The zero-order chi connectivity index (χ0) is 41.2. The van der Waals surface area contributed by atoms with Gasteiger partial charge in [-0.1, -0.05) is 182 Å². The molecule has 11 rings (SSSR count). The normalized spacial score (nSPS) is 12.5. The lowest BCUT2D eigenvalue weighted by atomic mass is 9.85. The quantitative estimate of drug-likeness (QED) is 0.154. The highest BCUT2D eigenvalue weighted by Crippen LogP contribution is 2.46. The summed E-state index contributed by atoms with van der Waals surface area (Å²) in [5.41, 5.74) is 6.87. The van der Waals surface area contributed by atoms with E-state index in [2.05, 4.69) is 121 Å². The average molecular weight is 728 g/mol. The fraction of sp³-hybridized carbons (Fsp3) is 0. The summed E-state index contributed by atoms with van der Waals surface area (Å²) in [5.74, 6) is 0. The van der Waals surface area contributed by atoms with Crippen LogP contribution in [-0.4, -0.2) is 0 Å². The van der Waals surface area contributed by atoms with Gasteiger partial charge in [0.2, 0.25) is 0 Å². The molecule has 0 spiro atoms.